The number of nitrogens with zero attached hydrogens (tertiary/aromatic N) is 7. The van der Waals surface area contributed by atoms with Crippen molar-refractivity contribution in [1.29, 1.82) is 5.26 Å². The van der Waals surface area contributed by atoms with E-state index in [0.717, 1.165) is 76.5 Å². The van der Waals surface area contributed by atoms with Crippen molar-refractivity contribution in [3.8, 4) is 6.07 Å². The van der Waals surface area contributed by atoms with Gasteiger partial charge in [-0.25, -0.2) is 0 Å². The molecule has 0 unspecified atom stereocenters. The Kier molecular flexibility index (Phi) is 22.2. The third kappa shape index (κ3) is 17.9. The maximum atomic E-state index is 11.1. The summed E-state index contributed by atoms with van der Waals surface area (Å²) in [6.07, 6.45) is 38.0. The van der Waals surface area contributed by atoms with Crippen LogP contribution in [-0.4, -0.2) is 42.8 Å². The van der Waals surface area contributed by atoms with Crippen LogP contribution in [0, 0.1) is 27.6 Å². The fourth-order valence-corrected chi connectivity index (χ4v) is 7.82. The van der Waals surface area contributed by atoms with Gasteiger partial charge in [-0.1, -0.05) is 134 Å². The Morgan fingerprint density at radius 2 is 0.943 bits per heavy atom. The number of hydrogen-bond acceptors (Lipinski definition) is 6. The molecule has 1 heterocycles. The van der Waals surface area contributed by atoms with Crippen molar-refractivity contribution in [2.75, 3.05) is 0 Å². The second-order valence-corrected chi connectivity index (χ2v) is 16.7. The molecule has 4 saturated carbocycles. The number of hydrogen-bond donors (Lipinski definition) is 3. The number of aromatic nitrogens is 4. The molecule has 1 aromatic heterocycles. The largest absolute Gasteiger partial charge is 1.00 e. The van der Waals surface area contributed by atoms with Crippen molar-refractivity contribution in [2.45, 2.75) is 211 Å². The zero-order chi connectivity index (χ0) is 37.6. The monoisotopic (exact) mass is 747 g/mol. The number of unbranched alkanes of at least 4 members (excludes halogenated alkanes) is 18. The van der Waals surface area contributed by atoms with Crippen LogP contribution in [0.3, 0.4) is 0 Å². The molecule has 5 rings (SSSR count). The molecule has 53 heavy (non-hydrogen) atoms. The van der Waals surface area contributed by atoms with Gasteiger partial charge in [0.15, 0.2) is 5.82 Å². The van der Waals surface area contributed by atoms with E-state index in [1.165, 1.54) is 140 Å². The quantitative estimate of drug-likeness (QED) is 0.0237. The van der Waals surface area contributed by atoms with E-state index in [2.05, 4.69) is 26.7 Å². The summed E-state index contributed by atoms with van der Waals surface area (Å²) in [6.45, 7) is 0. The minimum atomic E-state index is -0.570. The van der Waals surface area contributed by atoms with Gasteiger partial charge in [0.1, 0.15) is 0 Å². The van der Waals surface area contributed by atoms with Crippen LogP contribution in [0.2, 0.25) is 0 Å². The van der Waals surface area contributed by atoms with Crippen molar-refractivity contribution in [2.24, 2.45) is 16.2 Å². The number of rotatable bonds is 29. The van der Waals surface area contributed by atoms with Crippen molar-refractivity contribution in [1.82, 2.24) is 20.6 Å². The van der Waals surface area contributed by atoms with Gasteiger partial charge in [0.25, 0.3) is 0 Å². The molecule has 0 aliphatic heterocycles. The van der Waals surface area contributed by atoms with Crippen LogP contribution < -0.4 is 29.6 Å². The first-order valence-corrected chi connectivity index (χ1v) is 20.8. The van der Waals surface area contributed by atoms with Crippen LogP contribution in [0.1, 0.15) is 211 Å². The van der Waals surface area contributed by atoms with Gasteiger partial charge in [-0.2, -0.15) is 10.5 Å². The van der Waals surface area contributed by atoms with E-state index >= 15 is 0 Å². The van der Waals surface area contributed by atoms with Crippen molar-refractivity contribution < 1.29 is 49.4 Å². The molecular weight excluding hydrogens is 679 g/mol. The van der Waals surface area contributed by atoms with Crippen molar-refractivity contribution in [3.63, 3.8) is 0 Å². The van der Waals surface area contributed by atoms with Gasteiger partial charge in [-0.3, -0.25) is 14.5 Å². The third-order valence-corrected chi connectivity index (χ3v) is 12.5. The molecule has 0 amide bonds. The summed E-state index contributed by atoms with van der Waals surface area (Å²) in [6, 6.07) is 2.47. The topological polar surface area (TPSA) is 212 Å². The van der Waals surface area contributed by atoms with Gasteiger partial charge in [-0.05, 0) is 77.0 Å². The number of carboxylic acid groups (broad SMARTS) is 2. The number of aromatic amines is 1. The number of nitriles is 1. The molecule has 13 heteroatoms. The number of carbonyl (C=O) groups is 2. The molecule has 0 atom stereocenters. The second kappa shape index (κ2) is 25.1. The summed E-state index contributed by atoms with van der Waals surface area (Å²) < 4.78 is 0. The standard InChI is InChI=1S/C20H34N4O2.C20H33NO2.N3.Na/c25-18(26)20(15-16-20)12-10-8-6-4-2-1-3-5-7-9-11-19(13-14-19)17-21-23-24-22-17;21-17-19(13-14-19)11-9-7-5-3-1-2-4-6-8-10-12-20(15-16-20)18(22)23;1-3-2;/h1-16H2,(H,25,26)(H,21,22,23,24);1-16H2,(H,22,23);;/q;;-1;+1. The Hall–Kier alpha value is -2.19. The third-order valence-electron chi connectivity index (χ3n) is 12.5. The number of nitrogens with one attached hydrogen (secondary N) is 1. The Labute approximate surface area is 340 Å². The van der Waals surface area contributed by atoms with Gasteiger partial charge < -0.3 is 21.3 Å². The molecule has 0 bridgehead atoms. The zero-order valence-corrected chi connectivity index (χ0v) is 35.0. The van der Waals surface area contributed by atoms with E-state index in [4.69, 9.17) is 26.5 Å². The number of tetrazole rings is 1. The average Bonchev–Trinajstić information content (AvgIpc) is 3.97. The minimum Gasteiger partial charge on any atom is -0.481 e. The summed E-state index contributed by atoms with van der Waals surface area (Å²) >= 11 is 0. The van der Waals surface area contributed by atoms with Gasteiger partial charge >= 0.3 is 41.5 Å². The molecule has 12 nitrogen and oxygen atoms in total. The minimum absolute atomic E-state index is 0. The summed E-state index contributed by atoms with van der Waals surface area (Å²) in [4.78, 5) is 23.7. The smallest absolute Gasteiger partial charge is 0.481 e. The van der Waals surface area contributed by atoms with Crippen molar-refractivity contribution in [3.05, 3.63) is 21.8 Å². The first-order chi connectivity index (χ1) is 25.2. The molecule has 0 radical (unpaired) electrons. The molecule has 3 N–H and O–H groups in total. The molecular formula is C40H67N8NaO4. The molecule has 292 valence electrons. The first kappa shape index (κ1) is 47.0. The molecule has 0 spiro atoms. The Bertz CT molecular complexity index is 1250. The van der Waals surface area contributed by atoms with Crippen LogP contribution in [0.5, 0.6) is 0 Å². The van der Waals surface area contributed by atoms with E-state index in [-0.39, 0.29) is 51.2 Å². The Balaban J connectivity index is 0.000000338. The number of H-pyrrole nitrogens is 1. The maximum absolute atomic E-state index is 11.1. The van der Waals surface area contributed by atoms with Crippen LogP contribution in [0.4, 0.5) is 0 Å². The number of carboxylic acids is 2. The molecule has 4 fully saturated rings. The fourth-order valence-electron chi connectivity index (χ4n) is 7.82. The molecule has 4 aliphatic rings. The fraction of sp³-hybridized carbons (Fsp3) is 0.900. The summed E-state index contributed by atoms with van der Waals surface area (Å²) in [5.41, 5.74) is 13.2. The van der Waals surface area contributed by atoms with E-state index in [1.807, 2.05) is 0 Å². The Morgan fingerprint density at radius 1 is 0.604 bits per heavy atom. The molecule has 0 saturated heterocycles. The van der Waals surface area contributed by atoms with E-state index in [1.54, 1.807) is 0 Å². The van der Waals surface area contributed by atoms with Gasteiger partial charge in [0.2, 0.25) is 0 Å². The van der Waals surface area contributed by atoms with E-state index in [9.17, 15) is 9.59 Å². The van der Waals surface area contributed by atoms with E-state index < -0.39 is 11.9 Å². The van der Waals surface area contributed by atoms with Crippen LogP contribution in [-0.2, 0) is 15.0 Å². The average molecular weight is 747 g/mol. The van der Waals surface area contributed by atoms with Gasteiger partial charge in [0, 0.05) is 5.41 Å². The predicted octanol–water partition coefficient (Wildman–Crippen LogP) is 8.48. The summed E-state index contributed by atoms with van der Waals surface area (Å²) in [5, 5.41) is 41.9. The number of aliphatic carboxylic acids is 2. The summed E-state index contributed by atoms with van der Waals surface area (Å²) in [7, 11) is 0. The Morgan fingerprint density at radius 3 is 1.21 bits per heavy atom. The normalized spacial score (nSPS) is 18.3. The first-order valence-electron chi connectivity index (χ1n) is 20.8. The van der Waals surface area contributed by atoms with Gasteiger partial charge in [-0.15, -0.1) is 10.2 Å². The molecule has 4 aliphatic carbocycles. The van der Waals surface area contributed by atoms with Crippen LogP contribution >= 0.6 is 0 Å². The second-order valence-electron chi connectivity index (χ2n) is 16.7. The van der Waals surface area contributed by atoms with Crippen LogP contribution in [0.25, 0.3) is 16.0 Å². The molecule has 0 aromatic carbocycles. The summed E-state index contributed by atoms with van der Waals surface area (Å²) in [5.74, 6) is -0.212. The predicted molar refractivity (Wildman–Crippen MR) is 202 cm³/mol. The SMILES string of the molecule is N#CC1(CCCCCCCCCCCCC2(C(=O)O)CC2)CC1.O=C(O)C1(CCCCCCCCCCCCC2(c3nn[nH]n3)CC2)CC1.[N-]=[N+]=[N-].[Na+]. The van der Waals surface area contributed by atoms with Gasteiger partial charge in [0.05, 0.1) is 22.3 Å². The van der Waals surface area contributed by atoms with Crippen molar-refractivity contribution >= 4 is 11.9 Å². The maximum Gasteiger partial charge on any atom is 1.00 e. The zero-order valence-electron chi connectivity index (χ0n) is 33.0. The van der Waals surface area contributed by atoms with E-state index in [0.29, 0.717) is 0 Å². The molecule has 1 aromatic rings. The van der Waals surface area contributed by atoms with Crippen LogP contribution in [0.15, 0.2) is 0 Å².